The van der Waals surface area contributed by atoms with Gasteiger partial charge in [0.25, 0.3) is 5.56 Å². The molecule has 4 rings (SSSR count). The lowest BCUT2D eigenvalue weighted by atomic mass is 10.3. The van der Waals surface area contributed by atoms with Crippen molar-refractivity contribution in [1.29, 1.82) is 0 Å². The first-order valence-electron chi connectivity index (χ1n) is 10.4. The number of nitrogens with zero attached hydrogens (tertiary/aromatic N) is 7. The summed E-state index contributed by atoms with van der Waals surface area (Å²) in [7, 11) is 1.44. The number of pyridine rings is 1. The van der Waals surface area contributed by atoms with Crippen LogP contribution in [0, 0.1) is 0 Å². The van der Waals surface area contributed by atoms with Crippen molar-refractivity contribution in [2.75, 3.05) is 39.4 Å². The van der Waals surface area contributed by atoms with Crippen molar-refractivity contribution in [3.63, 3.8) is 0 Å². The van der Waals surface area contributed by atoms with Crippen molar-refractivity contribution < 1.29 is 4.74 Å². The van der Waals surface area contributed by atoms with Crippen molar-refractivity contribution in [3.8, 4) is 0 Å². The van der Waals surface area contributed by atoms with Gasteiger partial charge >= 0.3 is 5.69 Å². The molecular weight excluding hydrogens is 400 g/mol. The minimum absolute atomic E-state index is 0.131. The molecule has 1 N–H and O–H groups in total. The minimum Gasteiger partial charge on any atom is -0.379 e. The highest BCUT2D eigenvalue weighted by Crippen LogP contribution is 2.05. The average Bonchev–Trinajstić information content (AvgIpc) is 2.81. The summed E-state index contributed by atoms with van der Waals surface area (Å²) in [4.78, 5) is 36.1. The molecular formula is C20H26N8O3. The van der Waals surface area contributed by atoms with E-state index in [9.17, 15) is 9.59 Å². The Balaban J connectivity index is 1.46. The van der Waals surface area contributed by atoms with Gasteiger partial charge in [0.2, 0.25) is 0 Å². The van der Waals surface area contributed by atoms with E-state index in [1.165, 1.54) is 11.6 Å². The lowest BCUT2D eigenvalue weighted by Crippen LogP contribution is -2.39. The standard InChI is InChI=1S/C20H26N8O3/c1-26-19(29)17-18(28(20(26)30)14-15-4-2-5-21-12-15)25-24-16(23-17)13-22-6-3-7-27-8-10-31-11-9-27/h2,4-5,12,22H,3,6-11,13-14H2,1H3. The zero-order chi connectivity index (χ0) is 21.6. The highest BCUT2D eigenvalue weighted by molar-refractivity contribution is 5.68. The van der Waals surface area contributed by atoms with Crippen LogP contribution in [0.1, 0.15) is 17.8 Å². The van der Waals surface area contributed by atoms with E-state index in [0.717, 1.165) is 55.9 Å². The molecule has 3 aromatic heterocycles. The quantitative estimate of drug-likeness (QED) is 0.459. The van der Waals surface area contributed by atoms with Gasteiger partial charge in [0.15, 0.2) is 17.0 Å². The highest BCUT2D eigenvalue weighted by atomic mass is 16.5. The van der Waals surface area contributed by atoms with E-state index < -0.39 is 11.2 Å². The van der Waals surface area contributed by atoms with Crippen LogP contribution in [0.3, 0.4) is 0 Å². The molecule has 0 atom stereocenters. The van der Waals surface area contributed by atoms with E-state index in [1.807, 2.05) is 6.07 Å². The molecule has 164 valence electrons. The Morgan fingerprint density at radius 3 is 2.81 bits per heavy atom. The van der Waals surface area contributed by atoms with E-state index in [4.69, 9.17) is 4.74 Å². The Labute approximate surface area is 178 Å². The average molecular weight is 426 g/mol. The zero-order valence-corrected chi connectivity index (χ0v) is 17.5. The molecule has 11 heteroatoms. The number of aromatic nitrogens is 6. The smallest absolute Gasteiger partial charge is 0.332 e. The second-order valence-corrected chi connectivity index (χ2v) is 7.48. The molecule has 1 aliphatic heterocycles. The molecule has 0 radical (unpaired) electrons. The fraction of sp³-hybridized carbons (Fsp3) is 0.500. The van der Waals surface area contributed by atoms with Gasteiger partial charge < -0.3 is 10.1 Å². The maximum Gasteiger partial charge on any atom is 0.332 e. The van der Waals surface area contributed by atoms with Crippen LogP contribution in [0.25, 0.3) is 11.2 Å². The molecule has 0 saturated carbocycles. The molecule has 1 saturated heterocycles. The molecule has 0 aliphatic carbocycles. The minimum atomic E-state index is -0.481. The lowest BCUT2D eigenvalue weighted by molar-refractivity contribution is 0.0374. The third-order valence-electron chi connectivity index (χ3n) is 5.27. The number of fused-ring (bicyclic) bond motifs is 1. The van der Waals surface area contributed by atoms with Crippen LogP contribution in [0.4, 0.5) is 0 Å². The summed E-state index contributed by atoms with van der Waals surface area (Å²) in [6.07, 6.45) is 4.32. The summed E-state index contributed by atoms with van der Waals surface area (Å²) in [5, 5.41) is 11.6. The summed E-state index contributed by atoms with van der Waals surface area (Å²) in [5.41, 5.74) is 0.175. The van der Waals surface area contributed by atoms with Crippen LogP contribution < -0.4 is 16.6 Å². The van der Waals surface area contributed by atoms with E-state index in [2.05, 4.69) is 30.4 Å². The molecule has 31 heavy (non-hydrogen) atoms. The first-order valence-corrected chi connectivity index (χ1v) is 10.4. The second kappa shape index (κ2) is 9.86. The van der Waals surface area contributed by atoms with Gasteiger partial charge in [-0.1, -0.05) is 6.07 Å². The zero-order valence-electron chi connectivity index (χ0n) is 17.5. The predicted molar refractivity (Wildman–Crippen MR) is 114 cm³/mol. The Morgan fingerprint density at radius 2 is 2.03 bits per heavy atom. The topological polar surface area (TPSA) is 120 Å². The normalized spacial score (nSPS) is 14.9. The van der Waals surface area contributed by atoms with Gasteiger partial charge in [0.1, 0.15) is 0 Å². The van der Waals surface area contributed by atoms with Crippen LogP contribution in [0.5, 0.6) is 0 Å². The number of rotatable bonds is 8. The number of ether oxygens (including phenoxy) is 1. The van der Waals surface area contributed by atoms with Gasteiger partial charge in [-0.05, 0) is 31.1 Å². The molecule has 0 aromatic carbocycles. The van der Waals surface area contributed by atoms with Gasteiger partial charge in [0.05, 0.1) is 26.3 Å². The van der Waals surface area contributed by atoms with Crippen LogP contribution in [0.2, 0.25) is 0 Å². The summed E-state index contributed by atoms with van der Waals surface area (Å²) in [6.45, 7) is 5.98. The molecule has 4 heterocycles. The first kappa shape index (κ1) is 21.2. The Bertz CT molecular complexity index is 1140. The first-order chi connectivity index (χ1) is 15.1. The van der Waals surface area contributed by atoms with Crippen LogP contribution in [-0.2, 0) is 24.9 Å². The van der Waals surface area contributed by atoms with Gasteiger partial charge in [-0.15, -0.1) is 10.2 Å². The van der Waals surface area contributed by atoms with E-state index in [1.54, 1.807) is 18.5 Å². The highest BCUT2D eigenvalue weighted by Gasteiger charge is 2.15. The molecule has 0 amide bonds. The molecule has 3 aromatic rings. The second-order valence-electron chi connectivity index (χ2n) is 7.48. The molecule has 0 unspecified atom stereocenters. The van der Waals surface area contributed by atoms with Crippen molar-refractivity contribution in [2.45, 2.75) is 19.5 Å². The van der Waals surface area contributed by atoms with Crippen molar-refractivity contribution in [2.24, 2.45) is 7.05 Å². The van der Waals surface area contributed by atoms with Gasteiger partial charge in [-0.2, -0.15) is 0 Å². The number of hydrogen-bond acceptors (Lipinski definition) is 9. The van der Waals surface area contributed by atoms with Crippen LogP contribution in [0.15, 0.2) is 34.1 Å². The molecule has 11 nitrogen and oxygen atoms in total. The van der Waals surface area contributed by atoms with Crippen LogP contribution in [-0.4, -0.2) is 73.6 Å². The number of nitrogens with one attached hydrogen (secondary N) is 1. The maximum absolute atomic E-state index is 12.7. The summed E-state index contributed by atoms with van der Waals surface area (Å²) in [6, 6.07) is 3.64. The van der Waals surface area contributed by atoms with Crippen molar-refractivity contribution in [3.05, 3.63) is 56.8 Å². The van der Waals surface area contributed by atoms with Gasteiger partial charge in [-0.3, -0.25) is 23.8 Å². The molecule has 1 fully saturated rings. The summed E-state index contributed by atoms with van der Waals surface area (Å²) >= 11 is 0. The van der Waals surface area contributed by atoms with E-state index in [-0.39, 0.29) is 17.7 Å². The Morgan fingerprint density at radius 1 is 1.19 bits per heavy atom. The number of hydrogen-bond donors (Lipinski definition) is 1. The number of morpholine rings is 1. The molecule has 1 aliphatic rings. The monoisotopic (exact) mass is 426 g/mol. The molecule has 0 spiro atoms. The third kappa shape index (κ3) is 5.01. The summed E-state index contributed by atoms with van der Waals surface area (Å²) < 4.78 is 7.80. The molecule has 0 bridgehead atoms. The Kier molecular flexibility index (Phi) is 6.75. The van der Waals surface area contributed by atoms with Gasteiger partial charge in [-0.25, -0.2) is 9.78 Å². The van der Waals surface area contributed by atoms with Crippen molar-refractivity contribution in [1.82, 2.24) is 39.5 Å². The third-order valence-corrected chi connectivity index (χ3v) is 5.27. The largest absolute Gasteiger partial charge is 0.379 e. The van der Waals surface area contributed by atoms with Gasteiger partial charge in [0, 0.05) is 32.5 Å². The SMILES string of the molecule is Cn1c(=O)c2nc(CNCCCN3CCOCC3)nnc2n(Cc2cccnc2)c1=O. The van der Waals surface area contributed by atoms with E-state index >= 15 is 0 Å². The Hall–Kier alpha value is -3.02. The van der Waals surface area contributed by atoms with Crippen molar-refractivity contribution >= 4 is 11.2 Å². The van der Waals surface area contributed by atoms with E-state index in [0.29, 0.717) is 12.4 Å². The fourth-order valence-corrected chi connectivity index (χ4v) is 3.54. The fourth-order valence-electron chi connectivity index (χ4n) is 3.54. The lowest BCUT2D eigenvalue weighted by Gasteiger charge is -2.26. The van der Waals surface area contributed by atoms with Crippen LogP contribution >= 0.6 is 0 Å². The summed E-state index contributed by atoms with van der Waals surface area (Å²) in [5.74, 6) is 0.419. The maximum atomic E-state index is 12.7. The predicted octanol–water partition coefficient (Wildman–Crippen LogP) is -0.860.